The fourth-order valence-corrected chi connectivity index (χ4v) is 2.74. The Labute approximate surface area is 119 Å². The van der Waals surface area contributed by atoms with Crippen LogP contribution < -0.4 is 0 Å². The predicted molar refractivity (Wildman–Crippen MR) is 75.3 cm³/mol. The fraction of sp³-hybridized carbons (Fsp3) is 0.286. The van der Waals surface area contributed by atoms with Crippen LogP contribution in [0.3, 0.4) is 0 Å². The maximum absolute atomic E-state index is 11.5. The van der Waals surface area contributed by atoms with Gasteiger partial charge in [0, 0.05) is 22.7 Å². The molecule has 0 atom stereocenters. The summed E-state index contributed by atoms with van der Waals surface area (Å²) in [7, 11) is 0. The van der Waals surface area contributed by atoms with Crippen LogP contribution in [0.15, 0.2) is 24.5 Å². The molecule has 98 valence electrons. The van der Waals surface area contributed by atoms with Gasteiger partial charge < -0.3 is 4.74 Å². The van der Waals surface area contributed by atoms with Crippen molar-refractivity contribution in [3.05, 3.63) is 41.2 Å². The largest absolute Gasteiger partial charge is 0.457 e. The number of benzene rings is 1. The van der Waals surface area contributed by atoms with Gasteiger partial charge in [0.05, 0.1) is 18.3 Å². The van der Waals surface area contributed by atoms with Crippen LogP contribution in [0.2, 0.25) is 0 Å². The molecule has 1 aliphatic heterocycles. The molecule has 0 aliphatic carbocycles. The summed E-state index contributed by atoms with van der Waals surface area (Å²) in [6, 6.07) is 3.81. The number of cyclic esters (lactones) is 1. The van der Waals surface area contributed by atoms with Crippen molar-refractivity contribution in [2.45, 2.75) is 20.1 Å². The Balaban J connectivity index is 2.03. The number of fused-ring (bicyclic) bond motifs is 1. The predicted octanol–water partition coefficient (Wildman–Crippen LogP) is 2.92. The number of esters is 1. The van der Waals surface area contributed by atoms with E-state index in [0.29, 0.717) is 12.2 Å². The van der Waals surface area contributed by atoms with E-state index < -0.39 is 0 Å². The van der Waals surface area contributed by atoms with E-state index in [1.807, 2.05) is 36.1 Å². The topological polar surface area (TPSA) is 44.1 Å². The second kappa shape index (κ2) is 4.81. The molecule has 4 nitrogen and oxygen atoms in total. The second-order valence-corrected chi connectivity index (χ2v) is 5.31. The number of rotatable bonds is 3. The number of carbonyl (C=O) groups excluding carboxylic acids is 1. The number of halogens is 1. The number of nitrogens with zero attached hydrogens (tertiary/aromatic N) is 2. The van der Waals surface area contributed by atoms with Gasteiger partial charge in [-0.2, -0.15) is 5.10 Å². The van der Waals surface area contributed by atoms with Crippen LogP contribution in [-0.2, 0) is 17.9 Å². The summed E-state index contributed by atoms with van der Waals surface area (Å²) in [4.78, 5) is 11.5. The molecule has 5 heteroatoms. The average molecular weight is 321 g/mol. The van der Waals surface area contributed by atoms with Crippen LogP contribution in [0.5, 0.6) is 0 Å². The Bertz CT molecular complexity index is 649. The Kier molecular flexibility index (Phi) is 3.14. The highest BCUT2D eigenvalue weighted by Gasteiger charge is 2.24. The molecule has 0 saturated carbocycles. The van der Waals surface area contributed by atoms with E-state index in [1.165, 1.54) is 0 Å². The molecule has 0 fully saturated rings. The third-order valence-corrected chi connectivity index (χ3v) is 3.78. The van der Waals surface area contributed by atoms with Crippen LogP contribution in [0, 0.1) is 6.92 Å². The van der Waals surface area contributed by atoms with Crippen molar-refractivity contribution in [3.8, 4) is 11.1 Å². The molecule has 19 heavy (non-hydrogen) atoms. The first-order valence-electron chi connectivity index (χ1n) is 6.09. The third-order valence-electron chi connectivity index (χ3n) is 3.42. The summed E-state index contributed by atoms with van der Waals surface area (Å²) in [5.74, 6) is -0.223. The van der Waals surface area contributed by atoms with Gasteiger partial charge in [0.15, 0.2) is 0 Å². The monoisotopic (exact) mass is 320 g/mol. The molecular formula is C14H13BrN2O2. The van der Waals surface area contributed by atoms with Crippen molar-refractivity contribution >= 4 is 21.9 Å². The first-order valence-corrected chi connectivity index (χ1v) is 7.21. The first-order chi connectivity index (χ1) is 9.20. The molecule has 0 saturated heterocycles. The van der Waals surface area contributed by atoms with E-state index in [0.717, 1.165) is 34.1 Å². The second-order valence-electron chi connectivity index (χ2n) is 4.52. The van der Waals surface area contributed by atoms with E-state index in [4.69, 9.17) is 4.74 Å². The minimum atomic E-state index is -0.223. The van der Waals surface area contributed by atoms with E-state index in [1.54, 1.807) is 0 Å². The number of alkyl halides is 1. The Hall–Kier alpha value is -1.62. The molecule has 0 spiro atoms. The highest BCUT2D eigenvalue weighted by molar-refractivity contribution is 9.09. The van der Waals surface area contributed by atoms with Gasteiger partial charge in [-0.25, -0.2) is 4.79 Å². The zero-order chi connectivity index (χ0) is 13.4. The van der Waals surface area contributed by atoms with Gasteiger partial charge in [-0.3, -0.25) is 4.68 Å². The fourth-order valence-electron chi connectivity index (χ4n) is 2.37. The highest BCUT2D eigenvalue weighted by atomic mass is 79.9. The molecule has 1 aromatic carbocycles. The Morgan fingerprint density at radius 3 is 3.00 bits per heavy atom. The van der Waals surface area contributed by atoms with Crippen LogP contribution in [-0.4, -0.2) is 21.1 Å². The molecule has 0 amide bonds. The summed E-state index contributed by atoms with van der Waals surface area (Å²) >= 11 is 3.40. The van der Waals surface area contributed by atoms with Crippen molar-refractivity contribution in [1.82, 2.24) is 9.78 Å². The summed E-state index contributed by atoms with van der Waals surface area (Å²) in [5.41, 5.74) is 4.96. The van der Waals surface area contributed by atoms with Gasteiger partial charge in [-0.05, 0) is 24.1 Å². The van der Waals surface area contributed by atoms with Crippen LogP contribution in [0.25, 0.3) is 11.1 Å². The number of ether oxygens (including phenoxy) is 1. The standard InChI is InChI=1S/C14H13BrN2O2/c1-9-11(10-6-16-17(7-10)5-4-15)2-3-12-13(9)8-19-14(12)18/h2-3,6-7H,4-5,8H2,1H3. The number of hydrogen-bond donors (Lipinski definition) is 0. The molecule has 0 unspecified atom stereocenters. The van der Waals surface area contributed by atoms with Gasteiger partial charge in [0.1, 0.15) is 6.61 Å². The van der Waals surface area contributed by atoms with Crippen molar-refractivity contribution in [3.63, 3.8) is 0 Å². The van der Waals surface area contributed by atoms with Gasteiger partial charge in [0.2, 0.25) is 0 Å². The summed E-state index contributed by atoms with van der Waals surface area (Å²) in [5, 5.41) is 5.20. The lowest BCUT2D eigenvalue weighted by atomic mass is 9.96. The molecule has 0 radical (unpaired) electrons. The van der Waals surface area contributed by atoms with Gasteiger partial charge >= 0.3 is 5.97 Å². The molecular weight excluding hydrogens is 308 g/mol. The number of aryl methyl sites for hydroxylation is 1. The van der Waals surface area contributed by atoms with Crippen molar-refractivity contribution in [2.75, 3.05) is 5.33 Å². The average Bonchev–Trinajstić information content (AvgIpc) is 2.99. The van der Waals surface area contributed by atoms with Crippen molar-refractivity contribution in [2.24, 2.45) is 0 Å². The molecule has 0 N–H and O–H groups in total. The maximum Gasteiger partial charge on any atom is 0.338 e. The lowest BCUT2D eigenvalue weighted by Gasteiger charge is -2.06. The van der Waals surface area contributed by atoms with Crippen molar-refractivity contribution in [1.29, 1.82) is 0 Å². The quantitative estimate of drug-likeness (QED) is 0.645. The van der Waals surface area contributed by atoms with E-state index in [-0.39, 0.29) is 5.97 Å². The molecule has 1 aliphatic rings. The maximum atomic E-state index is 11.5. The van der Waals surface area contributed by atoms with Gasteiger partial charge in [-0.1, -0.05) is 22.0 Å². The molecule has 0 bridgehead atoms. The molecule has 3 rings (SSSR count). The van der Waals surface area contributed by atoms with E-state index >= 15 is 0 Å². The lowest BCUT2D eigenvalue weighted by Crippen LogP contribution is -1.98. The summed E-state index contributed by atoms with van der Waals surface area (Å²) < 4.78 is 6.97. The zero-order valence-corrected chi connectivity index (χ0v) is 12.1. The first kappa shape index (κ1) is 12.4. The van der Waals surface area contributed by atoms with Crippen LogP contribution in [0.4, 0.5) is 0 Å². The highest BCUT2D eigenvalue weighted by Crippen LogP contribution is 2.31. The third kappa shape index (κ3) is 2.08. The van der Waals surface area contributed by atoms with E-state index in [2.05, 4.69) is 21.0 Å². The summed E-state index contributed by atoms with van der Waals surface area (Å²) in [6.07, 6.45) is 3.88. The van der Waals surface area contributed by atoms with Crippen molar-refractivity contribution < 1.29 is 9.53 Å². The zero-order valence-electron chi connectivity index (χ0n) is 10.5. The minimum Gasteiger partial charge on any atom is -0.457 e. The smallest absolute Gasteiger partial charge is 0.338 e. The minimum absolute atomic E-state index is 0.223. The number of carbonyl (C=O) groups is 1. The summed E-state index contributed by atoms with van der Waals surface area (Å²) in [6.45, 7) is 3.24. The Morgan fingerprint density at radius 2 is 2.21 bits per heavy atom. The number of aromatic nitrogens is 2. The van der Waals surface area contributed by atoms with Crippen LogP contribution in [0.1, 0.15) is 21.5 Å². The molecule has 2 heterocycles. The SMILES string of the molecule is Cc1c(-c2cnn(CCBr)c2)ccc2c1COC2=O. The van der Waals surface area contributed by atoms with Gasteiger partial charge in [0.25, 0.3) is 0 Å². The molecule has 2 aromatic rings. The van der Waals surface area contributed by atoms with Crippen LogP contribution >= 0.6 is 15.9 Å². The molecule has 1 aromatic heterocycles. The normalized spacial score (nSPS) is 13.5. The lowest BCUT2D eigenvalue weighted by molar-refractivity contribution is 0.0535. The number of hydrogen-bond acceptors (Lipinski definition) is 3. The Morgan fingerprint density at radius 1 is 1.42 bits per heavy atom. The van der Waals surface area contributed by atoms with E-state index in [9.17, 15) is 4.79 Å². The van der Waals surface area contributed by atoms with Gasteiger partial charge in [-0.15, -0.1) is 0 Å².